The predicted octanol–water partition coefficient (Wildman–Crippen LogP) is 4.10. The van der Waals surface area contributed by atoms with Crippen molar-refractivity contribution in [3.05, 3.63) is 76.4 Å². The van der Waals surface area contributed by atoms with E-state index >= 15 is 0 Å². The van der Waals surface area contributed by atoms with E-state index in [4.69, 9.17) is 16.3 Å². The monoisotopic (exact) mass is 424 g/mol. The number of hydrogen-bond acceptors (Lipinski definition) is 3. The number of fused-ring (bicyclic) bond motifs is 1. The molecule has 0 aliphatic carbocycles. The molecular formula is C23H21ClN2O4. The Balaban J connectivity index is 1.63. The number of carboxylic acids is 1. The molecule has 1 aromatic heterocycles. The average Bonchev–Trinajstić information content (AvgIpc) is 3.06. The Kier molecular flexibility index (Phi) is 5.50. The number of benzene rings is 2. The third-order valence-electron chi connectivity index (χ3n) is 5.37. The zero-order chi connectivity index (χ0) is 21.3. The van der Waals surface area contributed by atoms with Crippen LogP contribution in [0.5, 0.6) is 5.75 Å². The van der Waals surface area contributed by atoms with Crippen molar-refractivity contribution in [3.63, 3.8) is 0 Å². The van der Waals surface area contributed by atoms with Crippen LogP contribution < -0.4 is 4.74 Å². The van der Waals surface area contributed by atoms with Crippen LogP contribution in [0.3, 0.4) is 0 Å². The topological polar surface area (TPSA) is 71.8 Å². The molecule has 2 heterocycles. The Morgan fingerprint density at radius 2 is 1.77 bits per heavy atom. The van der Waals surface area contributed by atoms with Crippen LogP contribution in [-0.4, -0.2) is 40.1 Å². The molecule has 0 fully saturated rings. The smallest absolute Gasteiger partial charge is 0.339 e. The van der Waals surface area contributed by atoms with E-state index in [2.05, 4.69) is 0 Å². The third-order valence-corrected chi connectivity index (χ3v) is 5.74. The van der Waals surface area contributed by atoms with Crippen molar-refractivity contribution in [1.29, 1.82) is 0 Å². The second-order valence-corrected chi connectivity index (χ2v) is 7.53. The number of methoxy groups -OCH3 is 1. The molecule has 0 saturated heterocycles. The van der Waals surface area contributed by atoms with Gasteiger partial charge in [-0.25, -0.2) is 4.79 Å². The minimum Gasteiger partial charge on any atom is -0.497 e. The van der Waals surface area contributed by atoms with Gasteiger partial charge in [0.05, 0.1) is 36.5 Å². The van der Waals surface area contributed by atoms with Gasteiger partial charge in [0.15, 0.2) is 0 Å². The summed E-state index contributed by atoms with van der Waals surface area (Å²) in [6, 6.07) is 16.8. The summed E-state index contributed by atoms with van der Waals surface area (Å²) < 4.78 is 7.08. The lowest BCUT2D eigenvalue weighted by molar-refractivity contribution is -0.131. The van der Waals surface area contributed by atoms with E-state index in [1.165, 1.54) is 0 Å². The zero-order valence-corrected chi connectivity index (χ0v) is 17.2. The molecule has 4 rings (SSSR count). The second-order valence-electron chi connectivity index (χ2n) is 7.15. The van der Waals surface area contributed by atoms with Crippen LogP contribution in [0.25, 0.3) is 11.3 Å². The summed E-state index contributed by atoms with van der Waals surface area (Å²) in [7, 11) is 1.60. The van der Waals surface area contributed by atoms with E-state index < -0.39 is 5.97 Å². The van der Waals surface area contributed by atoms with Crippen LogP contribution in [0, 0.1) is 0 Å². The van der Waals surface area contributed by atoms with Crippen LogP contribution in [0.15, 0.2) is 54.6 Å². The van der Waals surface area contributed by atoms with Gasteiger partial charge in [-0.2, -0.15) is 0 Å². The van der Waals surface area contributed by atoms with E-state index in [1.807, 2.05) is 59.2 Å². The number of aromatic carboxylic acids is 1. The lowest BCUT2D eigenvalue weighted by atomic mass is 10.1. The Labute approximate surface area is 179 Å². The Hall–Kier alpha value is -3.25. The number of halogens is 1. The van der Waals surface area contributed by atoms with Crippen molar-refractivity contribution in [2.45, 2.75) is 19.5 Å². The van der Waals surface area contributed by atoms with E-state index in [-0.39, 0.29) is 29.5 Å². The first kappa shape index (κ1) is 20.0. The lowest BCUT2D eigenvalue weighted by Crippen LogP contribution is -2.39. The second kappa shape index (κ2) is 8.24. The van der Waals surface area contributed by atoms with Gasteiger partial charge in [-0.15, -0.1) is 0 Å². The predicted molar refractivity (Wildman–Crippen MR) is 114 cm³/mol. The van der Waals surface area contributed by atoms with Crippen molar-refractivity contribution in [1.82, 2.24) is 9.47 Å². The maximum atomic E-state index is 12.9. The SMILES string of the molecule is COc1ccc(CC(=O)N2CCn3c(c(C(=O)O)c(Cl)c3-c3ccccc3)C2)cc1. The summed E-state index contributed by atoms with van der Waals surface area (Å²) >= 11 is 6.52. The molecule has 6 nitrogen and oxygen atoms in total. The Morgan fingerprint density at radius 1 is 1.07 bits per heavy atom. The van der Waals surface area contributed by atoms with Gasteiger partial charge in [-0.3, -0.25) is 4.79 Å². The van der Waals surface area contributed by atoms with Crippen molar-refractivity contribution in [2.24, 2.45) is 0 Å². The average molecular weight is 425 g/mol. The summed E-state index contributed by atoms with van der Waals surface area (Å²) in [6.45, 7) is 1.19. The van der Waals surface area contributed by atoms with E-state index in [9.17, 15) is 14.7 Å². The molecule has 3 aromatic rings. The van der Waals surface area contributed by atoms with Crippen molar-refractivity contribution in [3.8, 4) is 17.0 Å². The molecule has 1 aliphatic heterocycles. The summed E-state index contributed by atoms with van der Waals surface area (Å²) in [6.07, 6.45) is 0.242. The van der Waals surface area contributed by atoms with Crippen LogP contribution in [-0.2, 0) is 24.3 Å². The molecule has 0 bridgehead atoms. The van der Waals surface area contributed by atoms with Crippen LogP contribution in [0.1, 0.15) is 21.6 Å². The van der Waals surface area contributed by atoms with Crippen molar-refractivity contribution in [2.75, 3.05) is 13.7 Å². The first-order valence-corrected chi connectivity index (χ1v) is 9.97. The molecule has 0 saturated carbocycles. The number of carboxylic acid groups (broad SMARTS) is 1. The summed E-state index contributed by atoms with van der Waals surface area (Å²) in [5.41, 5.74) is 3.04. The van der Waals surface area contributed by atoms with Gasteiger partial charge in [0.25, 0.3) is 0 Å². The van der Waals surface area contributed by atoms with Crippen LogP contribution >= 0.6 is 11.6 Å². The summed E-state index contributed by atoms with van der Waals surface area (Å²) in [4.78, 5) is 26.5. The third kappa shape index (κ3) is 3.66. The molecule has 0 unspecified atom stereocenters. The highest BCUT2D eigenvalue weighted by Crippen LogP contribution is 2.38. The number of nitrogens with zero attached hydrogens (tertiary/aromatic N) is 2. The highest BCUT2D eigenvalue weighted by atomic mass is 35.5. The molecule has 1 amide bonds. The zero-order valence-electron chi connectivity index (χ0n) is 16.5. The van der Waals surface area contributed by atoms with Crippen molar-refractivity contribution < 1.29 is 19.4 Å². The van der Waals surface area contributed by atoms with Gasteiger partial charge < -0.3 is 19.3 Å². The highest BCUT2D eigenvalue weighted by molar-refractivity contribution is 6.36. The minimum absolute atomic E-state index is 0.0543. The number of aromatic nitrogens is 1. The highest BCUT2D eigenvalue weighted by Gasteiger charge is 2.32. The van der Waals surface area contributed by atoms with E-state index in [0.29, 0.717) is 24.5 Å². The number of amides is 1. The minimum atomic E-state index is -1.09. The first-order valence-electron chi connectivity index (χ1n) is 9.60. The van der Waals surface area contributed by atoms with Gasteiger partial charge in [0, 0.05) is 13.1 Å². The Bertz CT molecular complexity index is 1090. The maximum Gasteiger partial charge on any atom is 0.339 e. The van der Waals surface area contributed by atoms with Crippen LogP contribution in [0.4, 0.5) is 0 Å². The summed E-state index contributed by atoms with van der Waals surface area (Å²) in [5, 5.41) is 9.99. The largest absolute Gasteiger partial charge is 0.497 e. The molecule has 0 atom stereocenters. The molecule has 0 radical (unpaired) electrons. The van der Waals surface area contributed by atoms with Crippen LogP contribution in [0.2, 0.25) is 5.02 Å². The molecule has 154 valence electrons. The fourth-order valence-electron chi connectivity index (χ4n) is 3.86. The molecule has 7 heteroatoms. The molecular weight excluding hydrogens is 404 g/mol. The number of hydrogen-bond donors (Lipinski definition) is 1. The molecule has 0 spiro atoms. The van der Waals surface area contributed by atoms with E-state index in [1.54, 1.807) is 12.0 Å². The molecule has 30 heavy (non-hydrogen) atoms. The number of carbonyl (C=O) groups is 2. The Morgan fingerprint density at radius 3 is 2.40 bits per heavy atom. The lowest BCUT2D eigenvalue weighted by Gasteiger charge is -2.30. The molecule has 1 aliphatic rings. The van der Waals surface area contributed by atoms with Gasteiger partial charge >= 0.3 is 5.97 Å². The van der Waals surface area contributed by atoms with Gasteiger partial charge in [0.1, 0.15) is 11.3 Å². The number of rotatable bonds is 5. The fourth-order valence-corrected chi connectivity index (χ4v) is 4.26. The molecule has 2 aromatic carbocycles. The van der Waals surface area contributed by atoms with Crippen molar-refractivity contribution >= 4 is 23.5 Å². The van der Waals surface area contributed by atoms with Gasteiger partial charge in [-0.05, 0) is 23.3 Å². The fraction of sp³-hybridized carbons (Fsp3) is 0.217. The normalized spacial score (nSPS) is 13.1. The van der Waals surface area contributed by atoms with Gasteiger partial charge in [0.2, 0.25) is 5.91 Å². The summed E-state index contributed by atoms with van der Waals surface area (Å²) in [5.74, 6) is -0.409. The molecule has 1 N–H and O–H groups in total. The quantitative estimate of drug-likeness (QED) is 0.669. The van der Waals surface area contributed by atoms with Gasteiger partial charge in [-0.1, -0.05) is 54.1 Å². The number of ether oxygens (including phenoxy) is 1. The number of carbonyl (C=O) groups excluding carboxylic acids is 1. The first-order chi connectivity index (χ1) is 14.5. The standard InChI is InChI=1S/C23H21ClN2O4/c1-30-17-9-7-15(8-10-17)13-19(27)25-11-12-26-18(14-25)20(23(28)29)21(24)22(26)16-5-3-2-4-6-16/h2-10H,11-14H2,1H3,(H,28,29). The van der Waals surface area contributed by atoms with E-state index in [0.717, 1.165) is 16.9 Å². The maximum absolute atomic E-state index is 12.9.